The summed E-state index contributed by atoms with van der Waals surface area (Å²) in [7, 11) is 0. The molecular weight excluding hydrogens is 495 g/mol. The molecule has 1 aliphatic heterocycles. The molecule has 5 rings (SSSR count). The van der Waals surface area contributed by atoms with Gasteiger partial charge in [-0.1, -0.05) is 31.0 Å². The largest absolute Gasteiger partial charge is 0.858 e. The first kappa shape index (κ1) is 24.4. The molecule has 0 saturated carbocycles. The smallest absolute Gasteiger partial charge is 0.331 e. The van der Waals surface area contributed by atoms with Gasteiger partial charge in [-0.05, 0) is 67.8 Å². The SMILES string of the molecule is CCCc1nn(-c2cccc(Cl)c2)c([O-])c1C1=C([n+]2cccc(C)c2)C(=O)N(c2ccc(F)cc2)C1=O. The first-order valence-corrected chi connectivity index (χ1v) is 12.1. The molecule has 3 heterocycles. The number of hydrogen-bond acceptors (Lipinski definition) is 4. The molecule has 186 valence electrons. The summed E-state index contributed by atoms with van der Waals surface area (Å²) in [5.41, 5.74) is 1.93. The lowest BCUT2D eigenvalue weighted by Gasteiger charge is -2.15. The van der Waals surface area contributed by atoms with Gasteiger partial charge in [-0.25, -0.2) is 14.0 Å². The highest BCUT2D eigenvalue weighted by atomic mass is 35.5. The fraction of sp³-hybridized carbons (Fsp3) is 0.143. The number of pyridine rings is 1. The van der Waals surface area contributed by atoms with E-state index in [4.69, 9.17) is 11.6 Å². The van der Waals surface area contributed by atoms with Gasteiger partial charge in [0.2, 0.25) is 0 Å². The van der Waals surface area contributed by atoms with Gasteiger partial charge in [0.1, 0.15) is 11.4 Å². The Kier molecular flexibility index (Phi) is 6.35. The number of anilines is 1. The molecule has 37 heavy (non-hydrogen) atoms. The van der Waals surface area contributed by atoms with Crippen molar-refractivity contribution in [1.82, 2.24) is 9.78 Å². The standard InChI is InChI=1S/C28H22ClFN4O3/c1-3-6-22-23(27(36)34(31-22)21-9-4-8-18(29)15-21)24-25(32-14-5-7-17(2)16-32)28(37)33(26(24)35)20-12-10-19(30)11-13-20/h4-5,7-16H,3,6H2,1-2H3. The van der Waals surface area contributed by atoms with Crippen LogP contribution in [0.2, 0.25) is 5.02 Å². The Morgan fingerprint density at radius 3 is 2.46 bits per heavy atom. The van der Waals surface area contributed by atoms with Crippen LogP contribution >= 0.6 is 11.6 Å². The Morgan fingerprint density at radius 2 is 1.78 bits per heavy atom. The van der Waals surface area contributed by atoms with E-state index in [1.54, 1.807) is 47.3 Å². The lowest BCUT2D eigenvalue weighted by molar-refractivity contribution is -0.577. The van der Waals surface area contributed by atoms with Gasteiger partial charge in [-0.2, -0.15) is 9.67 Å². The maximum absolute atomic E-state index is 13.9. The Morgan fingerprint density at radius 1 is 1.03 bits per heavy atom. The molecule has 2 aromatic carbocycles. The van der Waals surface area contributed by atoms with Crippen LogP contribution in [0.3, 0.4) is 0 Å². The molecule has 0 bridgehead atoms. The van der Waals surface area contributed by atoms with Crippen molar-refractivity contribution in [2.24, 2.45) is 0 Å². The van der Waals surface area contributed by atoms with Gasteiger partial charge >= 0.3 is 5.91 Å². The first-order valence-electron chi connectivity index (χ1n) is 11.7. The number of hydrogen-bond donors (Lipinski definition) is 0. The maximum atomic E-state index is 13.9. The number of carbonyl (C=O) groups excluding carboxylic acids is 2. The number of halogens is 2. The molecule has 0 fully saturated rings. The van der Waals surface area contributed by atoms with E-state index in [2.05, 4.69) is 5.10 Å². The van der Waals surface area contributed by atoms with Gasteiger partial charge in [0, 0.05) is 22.2 Å². The second kappa shape index (κ2) is 9.63. The Hall–Kier alpha value is -4.30. The van der Waals surface area contributed by atoms with Gasteiger partial charge in [0.25, 0.3) is 11.6 Å². The van der Waals surface area contributed by atoms with E-state index in [1.165, 1.54) is 28.9 Å². The molecule has 0 spiro atoms. The van der Waals surface area contributed by atoms with Crippen molar-refractivity contribution in [3.63, 3.8) is 0 Å². The van der Waals surface area contributed by atoms with Crippen LogP contribution in [0.1, 0.15) is 30.2 Å². The highest BCUT2D eigenvalue weighted by Crippen LogP contribution is 2.39. The number of aryl methyl sites for hydroxylation is 2. The molecule has 2 aromatic heterocycles. The lowest BCUT2D eigenvalue weighted by atomic mass is 10.0. The van der Waals surface area contributed by atoms with E-state index < -0.39 is 23.5 Å². The van der Waals surface area contributed by atoms with E-state index >= 15 is 0 Å². The number of imide groups is 1. The van der Waals surface area contributed by atoms with Crippen molar-refractivity contribution in [2.75, 3.05) is 4.90 Å². The van der Waals surface area contributed by atoms with Crippen molar-refractivity contribution in [1.29, 1.82) is 0 Å². The molecule has 2 amide bonds. The highest BCUT2D eigenvalue weighted by Gasteiger charge is 2.47. The quantitative estimate of drug-likeness (QED) is 0.284. The summed E-state index contributed by atoms with van der Waals surface area (Å²) in [4.78, 5) is 28.7. The van der Waals surface area contributed by atoms with Crippen LogP contribution in [0, 0.1) is 12.7 Å². The Labute approximate surface area is 217 Å². The third-order valence-electron chi connectivity index (χ3n) is 6.06. The predicted octanol–water partition coefficient (Wildman–Crippen LogP) is 4.23. The fourth-order valence-electron chi connectivity index (χ4n) is 4.43. The lowest BCUT2D eigenvalue weighted by Crippen LogP contribution is -2.39. The van der Waals surface area contributed by atoms with Crippen LogP contribution in [0.5, 0.6) is 5.88 Å². The van der Waals surface area contributed by atoms with Crippen LogP contribution in [-0.2, 0) is 16.0 Å². The van der Waals surface area contributed by atoms with Gasteiger partial charge in [0.15, 0.2) is 12.4 Å². The molecule has 9 heteroatoms. The molecule has 0 saturated heterocycles. The third-order valence-corrected chi connectivity index (χ3v) is 6.29. The first-order chi connectivity index (χ1) is 17.8. The van der Waals surface area contributed by atoms with E-state index in [1.807, 2.05) is 19.9 Å². The molecule has 1 aliphatic rings. The van der Waals surface area contributed by atoms with Crippen LogP contribution in [-0.4, -0.2) is 21.6 Å². The van der Waals surface area contributed by atoms with Crippen LogP contribution in [0.4, 0.5) is 10.1 Å². The molecule has 0 aliphatic carbocycles. The predicted molar refractivity (Wildman–Crippen MR) is 135 cm³/mol. The van der Waals surface area contributed by atoms with Crippen molar-refractivity contribution < 1.29 is 23.7 Å². The van der Waals surface area contributed by atoms with Crippen molar-refractivity contribution >= 4 is 40.4 Å². The number of nitrogens with zero attached hydrogens (tertiary/aromatic N) is 4. The van der Waals surface area contributed by atoms with Gasteiger partial charge in [0.05, 0.1) is 17.1 Å². The summed E-state index contributed by atoms with van der Waals surface area (Å²) >= 11 is 6.15. The zero-order valence-corrected chi connectivity index (χ0v) is 20.9. The summed E-state index contributed by atoms with van der Waals surface area (Å²) < 4.78 is 16.4. The van der Waals surface area contributed by atoms with Crippen LogP contribution in [0.15, 0.2) is 73.1 Å². The second-order valence-electron chi connectivity index (χ2n) is 8.70. The summed E-state index contributed by atoms with van der Waals surface area (Å²) in [6.45, 7) is 3.79. The number of aromatic nitrogens is 3. The monoisotopic (exact) mass is 516 g/mol. The van der Waals surface area contributed by atoms with E-state index in [9.17, 15) is 19.1 Å². The molecule has 7 nitrogen and oxygen atoms in total. The van der Waals surface area contributed by atoms with E-state index in [0.717, 1.165) is 10.5 Å². The fourth-order valence-corrected chi connectivity index (χ4v) is 4.62. The van der Waals surface area contributed by atoms with Crippen LogP contribution < -0.4 is 14.6 Å². The topological polar surface area (TPSA) is 82.1 Å². The summed E-state index contributed by atoms with van der Waals surface area (Å²) in [5.74, 6) is -2.34. The Bertz CT molecular complexity index is 1580. The Balaban J connectivity index is 1.78. The average molecular weight is 517 g/mol. The molecule has 0 unspecified atom stereocenters. The highest BCUT2D eigenvalue weighted by molar-refractivity contribution is 6.53. The minimum Gasteiger partial charge on any atom is -0.858 e. The number of benzene rings is 2. The molecule has 0 radical (unpaired) electrons. The molecular formula is C28H22ClFN4O3. The minimum absolute atomic E-state index is 0.0260. The average Bonchev–Trinajstić information content (AvgIpc) is 3.32. The normalized spacial score (nSPS) is 13.7. The zero-order chi connectivity index (χ0) is 26.3. The third kappa shape index (κ3) is 4.29. The van der Waals surface area contributed by atoms with E-state index in [0.29, 0.717) is 29.2 Å². The van der Waals surface area contributed by atoms with Crippen LogP contribution in [0.25, 0.3) is 17.0 Å². The van der Waals surface area contributed by atoms with Gasteiger partial charge < -0.3 is 5.11 Å². The summed E-state index contributed by atoms with van der Waals surface area (Å²) in [6.07, 6.45) is 4.42. The minimum atomic E-state index is -0.680. The maximum Gasteiger partial charge on any atom is 0.331 e. The zero-order valence-electron chi connectivity index (χ0n) is 20.1. The number of amides is 2. The molecule has 4 aromatic rings. The van der Waals surface area contributed by atoms with Crippen molar-refractivity contribution in [2.45, 2.75) is 26.7 Å². The molecule has 0 N–H and O–H groups in total. The van der Waals surface area contributed by atoms with E-state index in [-0.39, 0.29) is 22.5 Å². The van der Waals surface area contributed by atoms with Gasteiger partial charge in [-0.15, -0.1) is 0 Å². The second-order valence-corrected chi connectivity index (χ2v) is 9.14. The number of rotatable bonds is 6. The van der Waals surface area contributed by atoms with Crippen molar-refractivity contribution in [3.05, 3.63) is 101 Å². The summed E-state index contributed by atoms with van der Waals surface area (Å²) in [6, 6.07) is 15.3. The number of carbonyl (C=O) groups is 2. The summed E-state index contributed by atoms with van der Waals surface area (Å²) in [5, 5.41) is 18.8. The van der Waals surface area contributed by atoms with Crippen molar-refractivity contribution in [3.8, 4) is 11.6 Å². The van der Waals surface area contributed by atoms with Gasteiger partial charge in [-0.3, -0.25) is 9.59 Å². The molecule has 0 atom stereocenters.